The Morgan fingerprint density at radius 1 is 1.19 bits per heavy atom. The number of pyridine rings is 1. The van der Waals surface area contributed by atoms with Gasteiger partial charge in [-0.2, -0.15) is 8.75 Å². The van der Waals surface area contributed by atoms with Crippen molar-refractivity contribution in [1.82, 2.24) is 22.9 Å². The van der Waals surface area contributed by atoms with Crippen LogP contribution in [0, 0.1) is 0 Å². The van der Waals surface area contributed by atoms with Crippen LogP contribution < -0.4 is 46.1 Å². The number of carbonyl (C=O) groups excluding carboxylic acids is 1. The number of nitrogens with zero attached hydrogens (tertiary/aromatic N) is 5. The molecule has 1 N–H and O–H groups in total. The van der Waals surface area contributed by atoms with Crippen molar-refractivity contribution in [3.05, 3.63) is 39.2 Å². The third-order valence-electron chi connectivity index (χ3n) is 4.73. The van der Waals surface area contributed by atoms with Crippen LogP contribution in [0.1, 0.15) is 46.5 Å². The molecule has 0 radical (unpaired) electrons. The molecule has 12 heteroatoms. The molecule has 3 heterocycles. The Bertz CT molecular complexity index is 1160. The molecular weight excluding hydrogens is 443 g/mol. The first-order chi connectivity index (χ1) is 14.7. The first-order valence-corrected chi connectivity index (χ1v) is 10.7. The van der Waals surface area contributed by atoms with Crippen molar-refractivity contribution in [3.8, 4) is 5.69 Å². The quantitative estimate of drug-likeness (QED) is 0.389. The van der Waals surface area contributed by atoms with Gasteiger partial charge < -0.3 is 14.8 Å². The second-order valence-corrected chi connectivity index (χ2v) is 8.77. The average Bonchev–Trinajstić information content (AvgIpc) is 3.39. The predicted molar refractivity (Wildman–Crippen MR) is 118 cm³/mol. The van der Waals surface area contributed by atoms with Gasteiger partial charge in [0.15, 0.2) is 11.2 Å². The fraction of sp³-hybridized carbons (Fsp3) is 0.500. The van der Waals surface area contributed by atoms with Crippen molar-refractivity contribution < 1.29 is 39.1 Å². The number of aryl methyl sites for hydroxylation is 1. The van der Waals surface area contributed by atoms with Gasteiger partial charge in [0.1, 0.15) is 5.82 Å². The summed E-state index contributed by atoms with van der Waals surface area (Å²) >= 11 is 0.915. The molecule has 1 saturated carbocycles. The van der Waals surface area contributed by atoms with E-state index >= 15 is 0 Å². The first-order valence-electron chi connectivity index (χ1n) is 9.93. The SMILES string of the molecule is CC(C)(C)O[C-]=O.Cn1c(=O)n(-c2ccc(NC3CCCC3)nc2)c(=O)c2nsnc21.[Na+]. The van der Waals surface area contributed by atoms with Crippen molar-refractivity contribution in [3.63, 3.8) is 0 Å². The molecule has 4 rings (SSSR count). The summed E-state index contributed by atoms with van der Waals surface area (Å²) in [6.07, 6.45) is 6.31. The predicted octanol–water partition coefficient (Wildman–Crippen LogP) is -0.837. The topological polar surface area (TPSA) is 121 Å². The van der Waals surface area contributed by atoms with E-state index < -0.39 is 11.2 Å². The van der Waals surface area contributed by atoms with Crippen LogP contribution in [-0.4, -0.2) is 41.0 Å². The zero-order valence-corrected chi connectivity index (χ0v) is 21.7. The second kappa shape index (κ2) is 11.2. The Kier molecular flexibility index (Phi) is 9.14. The number of fused-ring (bicyclic) bond motifs is 1. The number of hydrogen-bond donors (Lipinski definition) is 1. The molecule has 3 aromatic heterocycles. The molecule has 0 saturated heterocycles. The standard InChI is InChI=1S/C15H16N6O2S.C5H9O2.Na/c1-20-13-12(18-24-19-13)14(22)21(15(20)23)10-6-7-11(16-8-10)17-9-4-2-3-5-9;1-5(2,3)7-4-6;/h6-9H,2-5H2,1H3,(H,16,17);1-3H3;/q;-1;+1. The molecule has 0 aliphatic heterocycles. The fourth-order valence-corrected chi connectivity index (χ4v) is 3.78. The number of nitrogens with one attached hydrogen (secondary N) is 1. The van der Waals surface area contributed by atoms with Crippen LogP contribution in [0.2, 0.25) is 0 Å². The summed E-state index contributed by atoms with van der Waals surface area (Å²) in [5, 5.41) is 3.38. The number of aromatic nitrogens is 5. The average molecular weight is 469 g/mol. The van der Waals surface area contributed by atoms with Gasteiger partial charge in [-0.3, -0.25) is 9.36 Å². The van der Waals surface area contributed by atoms with Gasteiger partial charge in [-0.15, -0.1) is 0 Å². The van der Waals surface area contributed by atoms with E-state index in [0.29, 0.717) is 17.4 Å². The molecule has 0 aromatic carbocycles. The molecule has 1 aliphatic carbocycles. The van der Waals surface area contributed by atoms with Gasteiger partial charge in [0.2, 0.25) is 0 Å². The van der Waals surface area contributed by atoms with Crippen LogP contribution >= 0.6 is 11.7 Å². The summed E-state index contributed by atoms with van der Waals surface area (Å²) in [5.41, 5.74) is -0.387. The summed E-state index contributed by atoms with van der Waals surface area (Å²) in [7, 11) is 1.57. The van der Waals surface area contributed by atoms with Gasteiger partial charge in [-0.1, -0.05) is 19.3 Å². The molecule has 0 unspecified atom stereocenters. The molecule has 0 bridgehead atoms. The van der Waals surface area contributed by atoms with Crippen molar-refractivity contribution in [2.75, 3.05) is 5.32 Å². The molecule has 0 spiro atoms. The zero-order chi connectivity index (χ0) is 22.6. The normalized spacial score (nSPS) is 13.8. The van der Waals surface area contributed by atoms with Crippen LogP contribution in [0.3, 0.4) is 0 Å². The smallest absolute Gasteiger partial charge is 0.649 e. The van der Waals surface area contributed by atoms with Crippen molar-refractivity contribution in [1.29, 1.82) is 0 Å². The Balaban J connectivity index is 0.000000398. The van der Waals surface area contributed by atoms with Gasteiger partial charge in [0, 0.05) is 13.1 Å². The zero-order valence-electron chi connectivity index (χ0n) is 18.9. The molecular formula is C20H25N6NaO4S. The molecule has 1 aliphatic rings. The second-order valence-electron chi connectivity index (χ2n) is 8.24. The molecule has 0 amide bonds. The minimum absolute atomic E-state index is 0. The van der Waals surface area contributed by atoms with E-state index in [-0.39, 0.29) is 40.7 Å². The van der Waals surface area contributed by atoms with Crippen molar-refractivity contribution in [2.24, 2.45) is 7.05 Å². The molecule has 0 atom stereocenters. The minimum Gasteiger partial charge on any atom is -0.649 e. The van der Waals surface area contributed by atoms with Crippen LogP contribution in [0.25, 0.3) is 16.9 Å². The maximum absolute atomic E-state index is 12.5. The van der Waals surface area contributed by atoms with E-state index in [0.717, 1.165) is 35.0 Å². The number of hydrogen-bond acceptors (Lipinski definition) is 9. The van der Waals surface area contributed by atoms with Crippen LogP contribution in [0.4, 0.5) is 5.82 Å². The fourth-order valence-electron chi connectivity index (χ4n) is 3.21. The van der Waals surface area contributed by atoms with Gasteiger partial charge in [0.05, 0.1) is 29.2 Å². The van der Waals surface area contributed by atoms with E-state index in [2.05, 4.69) is 23.8 Å². The third kappa shape index (κ3) is 6.25. The number of anilines is 1. The molecule has 10 nitrogen and oxygen atoms in total. The Hall–Kier alpha value is -2.08. The van der Waals surface area contributed by atoms with Crippen LogP contribution in [0.15, 0.2) is 27.9 Å². The summed E-state index contributed by atoms with van der Waals surface area (Å²) in [4.78, 5) is 38.8. The maximum Gasteiger partial charge on any atom is 1.00 e. The largest absolute Gasteiger partial charge is 1.00 e. The number of ether oxygens (including phenoxy) is 1. The summed E-state index contributed by atoms with van der Waals surface area (Å²) in [6, 6.07) is 3.97. The summed E-state index contributed by atoms with van der Waals surface area (Å²) in [5.74, 6) is 0.756. The van der Waals surface area contributed by atoms with Crippen molar-refractivity contribution >= 4 is 35.2 Å². The molecule has 3 aromatic rings. The van der Waals surface area contributed by atoms with Gasteiger partial charge >= 0.3 is 35.2 Å². The molecule has 166 valence electrons. The monoisotopic (exact) mass is 468 g/mol. The third-order valence-corrected chi connectivity index (χ3v) is 5.25. The van der Waals surface area contributed by atoms with E-state index in [1.54, 1.807) is 40.0 Å². The Morgan fingerprint density at radius 2 is 1.88 bits per heavy atom. The summed E-state index contributed by atoms with van der Waals surface area (Å²) in [6.45, 7) is 6.73. The van der Waals surface area contributed by atoms with Gasteiger partial charge in [0.25, 0.3) is 5.56 Å². The Morgan fingerprint density at radius 3 is 2.41 bits per heavy atom. The molecule has 32 heavy (non-hydrogen) atoms. The van der Waals surface area contributed by atoms with Gasteiger partial charge in [-0.25, -0.2) is 14.3 Å². The van der Waals surface area contributed by atoms with Crippen LogP contribution in [0.5, 0.6) is 0 Å². The van der Waals surface area contributed by atoms with Crippen molar-refractivity contribution in [2.45, 2.75) is 58.1 Å². The summed E-state index contributed by atoms with van der Waals surface area (Å²) < 4.78 is 14.8. The van der Waals surface area contributed by atoms with E-state index in [9.17, 15) is 14.4 Å². The maximum atomic E-state index is 12.5. The first kappa shape index (κ1) is 26.2. The van der Waals surface area contributed by atoms with E-state index in [4.69, 9.17) is 0 Å². The molecule has 1 fully saturated rings. The Labute approximate surface area is 211 Å². The van der Waals surface area contributed by atoms with Gasteiger partial charge in [-0.05, 0) is 45.7 Å². The minimum atomic E-state index is -0.472. The van der Waals surface area contributed by atoms with E-state index in [1.165, 1.54) is 30.1 Å². The van der Waals surface area contributed by atoms with E-state index in [1.807, 2.05) is 0 Å². The number of rotatable bonds is 4. The van der Waals surface area contributed by atoms with Crippen LogP contribution in [-0.2, 0) is 16.6 Å².